The van der Waals surface area contributed by atoms with Gasteiger partial charge in [-0.05, 0) is 17.7 Å². The minimum atomic E-state index is 0.498. The number of allylic oxidation sites excluding steroid dienone is 1. The van der Waals surface area contributed by atoms with Gasteiger partial charge in [0.15, 0.2) is 0 Å². The zero-order chi connectivity index (χ0) is 7.56. The van der Waals surface area contributed by atoms with Gasteiger partial charge in [0.05, 0.1) is 0 Å². The number of hydrogen-bond donors (Lipinski definition) is 0. The fraction of sp³-hybridized carbons (Fsp3) is 0.250. The molecule has 0 saturated heterocycles. The number of hydrogen-bond acceptors (Lipinski definition) is 0. The average molecular weight is 156 g/mol. The van der Waals surface area contributed by atoms with E-state index in [9.17, 15) is 0 Å². The van der Waals surface area contributed by atoms with Gasteiger partial charge in [-0.2, -0.15) is 0 Å². The quantitative estimate of drug-likeness (QED) is 0.578. The van der Waals surface area contributed by atoms with E-state index in [4.69, 9.17) is 11.6 Å². The van der Waals surface area contributed by atoms with Gasteiger partial charge in [0.2, 0.25) is 0 Å². The van der Waals surface area contributed by atoms with Crippen molar-refractivity contribution in [3.63, 3.8) is 0 Å². The Balaban J connectivity index is 2.93. The smallest absolute Gasteiger partial charge is 0.0488 e. The van der Waals surface area contributed by atoms with Gasteiger partial charge in [0.1, 0.15) is 0 Å². The summed E-state index contributed by atoms with van der Waals surface area (Å²) in [5.41, 5.74) is 2.07. The SMILES string of the molecule is C=C(CCl)c1cccn1C. The van der Waals surface area contributed by atoms with Crippen LogP contribution < -0.4 is 0 Å². The Morgan fingerprint density at radius 1 is 1.80 bits per heavy atom. The molecule has 0 fully saturated rings. The molecule has 1 aromatic rings. The summed E-state index contributed by atoms with van der Waals surface area (Å²) in [6.45, 7) is 3.82. The van der Waals surface area contributed by atoms with E-state index in [1.54, 1.807) is 0 Å². The standard InChI is InChI=1S/C8H10ClN/c1-7(6-9)8-4-3-5-10(8)2/h3-5H,1,6H2,2H3. The molecule has 0 spiro atoms. The normalized spacial score (nSPS) is 9.80. The maximum Gasteiger partial charge on any atom is 0.0488 e. The molecule has 0 aliphatic carbocycles. The fourth-order valence-electron chi connectivity index (χ4n) is 0.897. The van der Waals surface area contributed by atoms with Crippen molar-refractivity contribution in [3.05, 3.63) is 30.6 Å². The van der Waals surface area contributed by atoms with Gasteiger partial charge in [-0.1, -0.05) is 6.58 Å². The van der Waals surface area contributed by atoms with Crippen molar-refractivity contribution < 1.29 is 0 Å². The Morgan fingerprint density at radius 2 is 2.50 bits per heavy atom. The van der Waals surface area contributed by atoms with Crippen LogP contribution in [0.5, 0.6) is 0 Å². The number of nitrogens with zero attached hydrogens (tertiary/aromatic N) is 1. The molecule has 0 radical (unpaired) electrons. The van der Waals surface area contributed by atoms with Crippen molar-refractivity contribution in [2.75, 3.05) is 5.88 Å². The Hall–Kier alpha value is -0.690. The van der Waals surface area contributed by atoms with Crippen LogP contribution in [-0.4, -0.2) is 10.4 Å². The lowest BCUT2D eigenvalue weighted by Gasteiger charge is -2.01. The molecule has 0 aliphatic heterocycles. The highest BCUT2D eigenvalue weighted by Crippen LogP contribution is 2.12. The monoisotopic (exact) mass is 155 g/mol. The first-order valence-electron chi connectivity index (χ1n) is 3.11. The molecule has 0 amide bonds. The molecule has 0 bridgehead atoms. The van der Waals surface area contributed by atoms with Crippen LogP contribution in [0.25, 0.3) is 5.57 Å². The summed E-state index contributed by atoms with van der Waals surface area (Å²) in [4.78, 5) is 0. The number of halogens is 1. The van der Waals surface area contributed by atoms with Crippen molar-refractivity contribution in [2.45, 2.75) is 0 Å². The average Bonchev–Trinajstić information content (AvgIpc) is 2.34. The summed E-state index contributed by atoms with van der Waals surface area (Å²) in [5.74, 6) is 0.498. The van der Waals surface area contributed by atoms with Crippen molar-refractivity contribution >= 4 is 17.2 Å². The topological polar surface area (TPSA) is 4.93 Å². The summed E-state index contributed by atoms with van der Waals surface area (Å²) in [5, 5.41) is 0. The first-order valence-corrected chi connectivity index (χ1v) is 3.64. The van der Waals surface area contributed by atoms with Crippen molar-refractivity contribution in [2.24, 2.45) is 7.05 Å². The van der Waals surface area contributed by atoms with Gasteiger partial charge < -0.3 is 4.57 Å². The minimum Gasteiger partial charge on any atom is -0.351 e. The van der Waals surface area contributed by atoms with Gasteiger partial charge >= 0.3 is 0 Å². The molecule has 1 nitrogen and oxygen atoms in total. The van der Waals surface area contributed by atoms with Crippen molar-refractivity contribution in [1.82, 2.24) is 4.57 Å². The largest absolute Gasteiger partial charge is 0.351 e. The molecular formula is C8H10ClN. The third-order valence-corrected chi connectivity index (χ3v) is 1.79. The molecule has 0 aliphatic rings. The molecule has 10 heavy (non-hydrogen) atoms. The Bertz CT molecular complexity index is 237. The number of alkyl halides is 1. The second-order valence-electron chi connectivity index (χ2n) is 2.24. The maximum atomic E-state index is 5.60. The minimum absolute atomic E-state index is 0.498. The van der Waals surface area contributed by atoms with Crippen molar-refractivity contribution in [1.29, 1.82) is 0 Å². The predicted octanol–water partition coefficient (Wildman–Crippen LogP) is 2.28. The lowest BCUT2D eigenvalue weighted by molar-refractivity contribution is 0.909. The molecular weight excluding hydrogens is 146 g/mol. The van der Waals surface area contributed by atoms with Crippen LogP contribution in [0.1, 0.15) is 5.69 Å². The first-order chi connectivity index (χ1) is 4.75. The molecule has 0 aromatic carbocycles. The van der Waals surface area contributed by atoms with E-state index in [-0.39, 0.29) is 0 Å². The Labute approximate surface area is 65.9 Å². The number of aryl methyl sites for hydroxylation is 1. The van der Waals surface area contributed by atoms with Crippen LogP contribution in [0.4, 0.5) is 0 Å². The van der Waals surface area contributed by atoms with Crippen LogP contribution in [0.15, 0.2) is 24.9 Å². The first kappa shape index (κ1) is 7.42. The lowest BCUT2D eigenvalue weighted by Crippen LogP contribution is -1.93. The molecule has 1 heterocycles. The molecule has 1 aromatic heterocycles. The molecule has 2 heteroatoms. The van der Waals surface area contributed by atoms with E-state index >= 15 is 0 Å². The van der Waals surface area contributed by atoms with Gasteiger partial charge in [-0.25, -0.2) is 0 Å². The Morgan fingerprint density at radius 3 is 2.90 bits per heavy atom. The van der Waals surface area contributed by atoms with Crippen LogP contribution >= 0.6 is 11.6 Å². The summed E-state index contributed by atoms with van der Waals surface area (Å²) in [6, 6.07) is 3.98. The van der Waals surface area contributed by atoms with E-state index < -0.39 is 0 Å². The van der Waals surface area contributed by atoms with Crippen LogP contribution in [0.2, 0.25) is 0 Å². The summed E-state index contributed by atoms with van der Waals surface area (Å²) in [7, 11) is 1.98. The number of rotatable bonds is 2. The van der Waals surface area contributed by atoms with E-state index in [1.807, 2.05) is 29.9 Å². The summed E-state index contributed by atoms with van der Waals surface area (Å²) >= 11 is 5.60. The van der Waals surface area contributed by atoms with Gasteiger partial charge in [0.25, 0.3) is 0 Å². The second kappa shape index (κ2) is 2.93. The second-order valence-corrected chi connectivity index (χ2v) is 2.51. The highest BCUT2D eigenvalue weighted by Gasteiger charge is 1.98. The van der Waals surface area contributed by atoms with Gasteiger partial charge in [0, 0.05) is 24.8 Å². The Kier molecular flexibility index (Phi) is 2.17. The molecule has 0 atom stereocenters. The molecule has 0 unspecified atom stereocenters. The van der Waals surface area contributed by atoms with Crippen molar-refractivity contribution in [3.8, 4) is 0 Å². The fourth-order valence-corrected chi connectivity index (χ4v) is 1.03. The highest BCUT2D eigenvalue weighted by molar-refractivity contribution is 6.23. The molecule has 1 rings (SSSR count). The lowest BCUT2D eigenvalue weighted by atomic mass is 10.2. The van der Waals surface area contributed by atoms with E-state index in [0.29, 0.717) is 5.88 Å². The molecule has 0 N–H and O–H groups in total. The third-order valence-electron chi connectivity index (χ3n) is 1.47. The number of aromatic nitrogens is 1. The van der Waals surface area contributed by atoms with Crippen LogP contribution in [0, 0.1) is 0 Å². The molecule has 0 saturated carbocycles. The van der Waals surface area contributed by atoms with E-state index in [0.717, 1.165) is 11.3 Å². The summed E-state index contributed by atoms with van der Waals surface area (Å²) < 4.78 is 2.00. The van der Waals surface area contributed by atoms with Crippen LogP contribution in [0.3, 0.4) is 0 Å². The van der Waals surface area contributed by atoms with E-state index in [2.05, 4.69) is 6.58 Å². The van der Waals surface area contributed by atoms with E-state index in [1.165, 1.54) is 0 Å². The zero-order valence-corrected chi connectivity index (χ0v) is 6.73. The highest BCUT2D eigenvalue weighted by atomic mass is 35.5. The zero-order valence-electron chi connectivity index (χ0n) is 5.97. The molecule has 54 valence electrons. The maximum absolute atomic E-state index is 5.60. The van der Waals surface area contributed by atoms with Gasteiger partial charge in [-0.3, -0.25) is 0 Å². The van der Waals surface area contributed by atoms with Gasteiger partial charge in [-0.15, -0.1) is 11.6 Å². The summed E-state index contributed by atoms with van der Waals surface area (Å²) in [6.07, 6.45) is 1.98. The van der Waals surface area contributed by atoms with Crippen LogP contribution in [-0.2, 0) is 7.05 Å². The third kappa shape index (κ3) is 1.24. The predicted molar refractivity (Wildman–Crippen MR) is 45.2 cm³/mol.